The highest BCUT2D eigenvalue weighted by atomic mass is 16.2. The molecule has 1 fully saturated rings. The normalized spacial score (nSPS) is 15.7. The number of carbonyl (C=O) groups excluding carboxylic acids is 2. The van der Waals surface area contributed by atoms with Crippen LogP contribution in [0.1, 0.15) is 18.9 Å². The summed E-state index contributed by atoms with van der Waals surface area (Å²) in [6.07, 6.45) is 0.372. The van der Waals surface area contributed by atoms with Gasteiger partial charge in [0.25, 0.3) is 0 Å². The number of rotatable bonds is 4. The first-order valence-electron chi connectivity index (χ1n) is 7.78. The van der Waals surface area contributed by atoms with Crippen molar-refractivity contribution in [2.45, 2.75) is 20.3 Å². The van der Waals surface area contributed by atoms with Gasteiger partial charge in [0.2, 0.25) is 11.8 Å². The second kappa shape index (κ2) is 7.40. The van der Waals surface area contributed by atoms with Gasteiger partial charge in [0.1, 0.15) is 0 Å². The van der Waals surface area contributed by atoms with Gasteiger partial charge < -0.3 is 14.7 Å². The summed E-state index contributed by atoms with van der Waals surface area (Å²) in [5, 5.41) is 0. The summed E-state index contributed by atoms with van der Waals surface area (Å²) in [5.74, 6) is 0.0986. The molecule has 0 aliphatic carbocycles. The molecular formula is C17H25N3O2. The summed E-state index contributed by atoms with van der Waals surface area (Å²) in [4.78, 5) is 29.9. The Bertz CT molecular complexity index is 519. The number of hydrogen-bond donors (Lipinski definition) is 0. The topological polar surface area (TPSA) is 43.9 Å². The van der Waals surface area contributed by atoms with Crippen molar-refractivity contribution in [1.82, 2.24) is 9.80 Å². The van der Waals surface area contributed by atoms with E-state index in [0.29, 0.717) is 13.0 Å². The van der Waals surface area contributed by atoms with Crippen LogP contribution in [-0.2, 0) is 9.59 Å². The van der Waals surface area contributed by atoms with Crippen LogP contribution in [0.25, 0.3) is 0 Å². The Kier molecular flexibility index (Phi) is 5.55. The average molecular weight is 303 g/mol. The molecule has 0 bridgehead atoms. The highest BCUT2D eigenvalue weighted by Crippen LogP contribution is 2.16. The standard InChI is InChI=1S/C17H25N3O2/c1-14-4-6-16(7-5-14)20(15(2)21)9-8-17(22)19-12-10-18(3)11-13-19/h4-7H,8-13H2,1-3H3. The number of piperazine rings is 1. The molecule has 1 saturated heterocycles. The molecule has 5 nitrogen and oxygen atoms in total. The maximum Gasteiger partial charge on any atom is 0.224 e. The Morgan fingerprint density at radius 2 is 1.68 bits per heavy atom. The van der Waals surface area contributed by atoms with Crippen LogP contribution in [0.15, 0.2) is 24.3 Å². The first-order valence-corrected chi connectivity index (χ1v) is 7.78. The molecule has 1 aromatic carbocycles. The van der Waals surface area contributed by atoms with Crippen molar-refractivity contribution >= 4 is 17.5 Å². The molecule has 1 aliphatic heterocycles. The minimum Gasteiger partial charge on any atom is -0.340 e. The van der Waals surface area contributed by atoms with E-state index in [0.717, 1.165) is 37.4 Å². The summed E-state index contributed by atoms with van der Waals surface area (Å²) in [6, 6.07) is 7.81. The van der Waals surface area contributed by atoms with Crippen LogP contribution in [0.2, 0.25) is 0 Å². The Balaban J connectivity index is 1.93. The van der Waals surface area contributed by atoms with Gasteiger partial charge in [0.15, 0.2) is 0 Å². The van der Waals surface area contributed by atoms with Crippen LogP contribution in [-0.4, -0.2) is 61.4 Å². The summed E-state index contributed by atoms with van der Waals surface area (Å²) < 4.78 is 0. The van der Waals surface area contributed by atoms with Crippen molar-refractivity contribution < 1.29 is 9.59 Å². The predicted octanol–water partition coefficient (Wildman–Crippen LogP) is 1.51. The molecule has 5 heteroatoms. The van der Waals surface area contributed by atoms with Gasteiger partial charge in [-0.1, -0.05) is 17.7 Å². The van der Waals surface area contributed by atoms with Crippen LogP contribution < -0.4 is 4.90 Å². The monoisotopic (exact) mass is 303 g/mol. The molecule has 1 aliphatic rings. The molecule has 1 aromatic rings. The summed E-state index contributed by atoms with van der Waals surface area (Å²) in [7, 11) is 2.07. The molecular weight excluding hydrogens is 278 g/mol. The molecule has 22 heavy (non-hydrogen) atoms. The van der Waals surface area contributed by atoms with Crippen LogP contribution in [0, 0.1) is 6.92 Å². The van der Waals surface area contributed by atoms with Crippen LogP contribution in [0.3, 0.4) is 0 Å². The molecule has 0 atom stereocenters. The Labute approximate surface area is 132 Å². The molecule has 2 rings (SSSR count). The fourth-order valence-electron chi connectivity index (χ4n) is 2.61. The highest BCUT2D eigenvalue weighted by molar-refractivity contribution is 5.92. The number of carbonyl (C=O) groups is 2. The smallest absolute Gasteiger partial charge is 0.224 e. The zero-order valence-electron chi connectivity index (χ0n) is 13.7. The molecule has 2 amide bonds. The Hall–Kier alpha value is -1.88. The predicted molar refractivity (Wildman–Crippen MR) is 87.9 cm³/mol. The molecule has 1 heterocycles. The van der Waals surface area contributed by atoms with Gasteiger partial charge in [-0.05, 0) is 26.1 Å². The maximum atomic E-state index is 12.3. The molecule has 0 N–H and O–H groups in total. The Morgan fingerprint density at radius 3 is 2.23 bits per heavy atom. The third-order valence-electron chi connectivity index (χ3n) is 4.13. The van der Waals surface area contributed by atoms with E-state index in [1.165, 1.54) is 0 Å². The summed E-state index contributed by atoms with van der Waals surface area (Å²) in [5.41, 5.74) is 2.00. The van der Waals surface area contributed by atoms with E-state index in [-0.39, 0.29) is 11.8 Å². The summed E-state index contributed by atoms with van der Waals surface area (Å²) >= 11 is 0. The van der Waals surface area contributed by atoms with Gasteiger partial charge in [-0.15, -0.1) is 0 Å². The van der Waals surface area contributed by atoms with Crippen molar-refractivity contribution in [2.75, 3.05) is 44.7 Å². The zero-order valence-corrected chi connectivity index (χ0v) is 13.7. The van der Waals surface area contributed by atoms with Gasteiger partial charge in [-0.2, -0.15) is 0 Å². The van der Waals surface area contributed by atoms with E-state index in [1.54, 1.807) is 11.8 Å². The molecule has 0 unspecified atom stereocenters. The third kappa shape index (κ3) is 4.31. The van der Waals surface area contributed by atoms with Gasteiger partial charge in [-0.25, -0.2) is 0 Å². The molecule has 0 saturated carbocycles. The van der Waals surface area contributed by atoms with E-state index in [2.05, 4.69) is 11.9 Å². The van der Waals surface area contributed by atoms with E-state index in [1.807, 2.05) is 36.1 Å². The fraction of sp³-hybridized carbons (Fsp3) is 0.529. The molecule has 120 valence electrons. The first-order chi connectivity index (χ1) is 10.5. The minimum absolute atomic E-state index is 0.0324. The van der Waals surface area contributed by atoms with Crippen molar-refractivity contribution in [3.63, 3.8) is 0 Å². The van der Waals surface area contributed by atoms with Crippen molar-refractivity contribution in [3.05, 3.63) is 29.8 Å². The van der Waals surface area contributed by atoms with Gasteiger partial charge in [0.05, 0.1) is 0 Å². The van der Waals surface area contributed by atoms with Crippen LogP contribution in [0.5, 0.6) is 0 Å². The molecule has 0 spiro atoms. The van der Waals surface area contributed by atoms with E-state index >= 15 is 0 Å². The number of anilines is 1. The van der Waals surface area contributed by atoms with E-state index < -0.39 is 0 Å². The van der Waals surface area contributed by atoms with Gasteiger partial charge in [-0.3, -0.25) is 9.59 Å². The van der Waals surface area contributed by atoms with E-state index in [9.17, 15) is 9.59 Å². The minimum atomic E-state index is -0.0324. The highest BCUT2D eigenvalue weighted by Gasteiger charge is 2.20. The lowest BCUT2D eigenvalue weighted by Gasteiger charge is -2.33. The number of nitrogens with zero attached hydrogens (tertiary/aromatic N) is 3. The molecule has 0 aromatic heterocycles. The largest absolute Gasteiger partial charge is 0.340 e. The number of amides is 2. The second-order valence-corrected chi connectivity index (χ2v) is 5.94. The van der Waals surface area contributed by atoms with Gasteiger partial charge >= 0.3 is 0 Å². The third-order valence-corrected chi connectivity index (χ3v) is 4.13. The number of hydrogen-bond acceptors (Lipinski definition) is 3. The first kappa shape index (κ1) is 16.5. The quantitative estimate of drug-likeness (QED) is 0.847. The van der Waals surface area contributed by atoms with Crippen molar-refractivity contribution in [2.24, 2.45) is 0 Å². The zero-order chi connectivity index (χ0) is 16.1. The number of aryl methyl sites for hydroxylation is 1. The maximum absolute atomic E-state index is 12.3. The van der Waals surface area contributed by atoms with Crippen molar-refractivity contribution in [3.8, 4) is 0 Å². The number of benzene rings is 1. The van der Waals surface area contributed by atoms with Crippen LogP contribution >= 0.6 is 0 Å². The average Bonchev–Trinajstić information content (AvgIpc) is 2.49. The second-order valence-electron chi connectivity index (χ2n) is 5.94. The van der Waals surface area contributed by atoms with Crippen LogP contribution in [0.4, 0.5) is 5.69 Å². The van der Waals surface area contributed by atoms with Crippen molar-refractivity contribution in [1.29, 1.82) is 0 Å². The lowest BCUT2D eigenvalue weighted by Crippen LogP contribution is -2.47. The molecule has 0 radical (unpaired) electrons. The summed E-state index contributed by atoms with van der Waals surface area (Å²) in [6.45, 7) is 7.38. The SMILES string of the molecule is CC(=O)N(CCC(=O)N1CCN(C)CC1)c1ccc(C)cc1. The lowest BCUT2D eigenvalue weighted by atomic mass is 10.2. The fourth-order valence-corrected chi connectivity index (χ4v) is 2.61. The Morgan fingerprint density at radius 1 is 1.09 bits per heavy atom. The number of likely N-dealkylation sites (N-methyl/N-ethyl adjacent to an activating group) is 1. The lowest BCUT2D eigenvalue weighted by molar-refractivity contribution is -0.132. The van der Waals surface area contributed by atoms with Gasteiger partial charge in [0, 0.05) is 51.8 Å². The van der Waals surface area contributed by atoms with E-state index in [4.69, 9.17) is 0 Å².